The van der Waals surface area contributed by atoms with Crippen molar-refractivity contribution in [3.05, 3.63) is 61.2 Å². The number of aromatic amines is 1. The summed E-state index contributed by atoms with van der Waals surface area (Å²) in [6.07, 6.45) is 1.41. The van der Waals surface area contributed by atoms with Gasteiger partial charge in [0.05, 0.1) is 16.0 Å². The molecule has 23 heavy (non-hydrogen) atoms. The van der Waals surface area contributed by atoms with E-state index in [9.17, 15) is 10.1 Å². The number of rotatable bonds is 4. The monoisotopic (exact) mass is 365 g/mol. The molecule has 0 aliphatic rings. The highest BCUT2D eigenvalue weighted by Gasteiger charge is 2.11. The molecule has 0 aliphatic heterocycles. The third kappa shape index (κ3) is 3.21. The van der Waals surface area contributed by atoms with Gasteiger partial charge in [0.15, 0.2) is 5.82 Å². The maximum absolute atomic E-state index is 10.8. The van der Waals surface area contributed by atoms with Crippen LogP contribution in [-0.2, 0) is 0 Å². The summed E-state index contributed by atoms with van der Waals surface area (Å²) in [5, 5.41) is 24.2. The molecule has 3 rings (SSSR count). The standard InChI is InChI=1S/C13H8ClN5O2S2/c14-10-4-3-9(19(20)21)6-8(10)7-15-18-12(16-17-13(18)22)11-2-1-5-23-11/h1-7H,(H,17,22)/b15-7+. The van der Waals surface area contributed by atoms with E-state index in [4.69, 9.17) is 23.8 Å². The highest BCUT2D eigenvalue weighted by Crippen LogP contribution is 2.23. The van der Waals surface area contributed by atoms with Crippen LogP contribution in [0.25, 0.3) is 10.7 Å². The molecule has 0 saturated heterocycles. The van der Waals surface area contributed by atoms with Crippen LogP contribution in [0.1, 0.15) is 5.56 Å². The highest BCUT2D eigenvalue weighted by atomic mass is 35.5. The van der Waals surface area contributed by atoms with Gasteiger partial charge in [0, 0.05) is 22.7 Å². The van der Waals surface area contributed by atoms with E-state index in [1.54, 1.807) is 0 Å². The molecule has 0 spiro atoms. The van der Waals surface area contributed by atoms with Crippen LogP contribution in [-0.4, -0.2) is 26.0 Å². The van der Waals surface area contributed by atoms with E-state index in [0.717, 1.165) is 4.88 Å². The normalized spacial score (nSPS) is 11.2. The summed E-state index contributed by atoms with van der Waals surface area (Å²) >= 11 is 12.7. The summed E-state index contributed by atoms with van der Waals surface area (Å²) in [5.74, 6) is 0.558. The Kier molecular flexibility index (Phi) is 4.33. The van der Waals surface area contributed by atoms with Crippen molar-refractivity contribution in [2.45, 2.75) is 0 Å². The van der Waals surface area contributed by atoms with Crippen LogP contribution in [0.4, 0.5) is 5.69 Å². The zero-order valence-electron chi connectivity index (χ0n) is 11.3. The summed E-state index contributed by atoms with van der Waals surface area (Å²) in [6.45, 7) is 0. The van der Waals surface area contributed by atoms with Gasteiger partial charge < -0.3 is 0 Å². The smallest absolute Gasteiger partial charge is 0.258 e. The minimum Gasteiger partial charge on any atom is -0.258 e. The van der Waals surface area contributed by atoms with Crippen molar-refractivity contribution >= 4 is 47.1 Å². The van der Waals surface area contributed by atoms with Gasteiger partial charge in [0.25, 0.3) is 5.69 Å². The van der Waals surface area contributed by atoms with Crippen LogP contribution < -0.4 is 0 Å². The summed E-state index contributed by atoms with van der Waals surface area (Å²) < 4.78 is 1.75. The number of nitro groups is 1. The number of nitro benzene ring substituents is 1. The number of halogens is 1. The second-order valence-electron chi connectivity index (χ2n) is 4.35. The maximum Gasteiger partial charge on any atom is 0.270 e. The molecular weight excluding hydrogens is 358 g/mol. The van der Waals surface area contributed by atoms with Crippen LogP contribution in [0.5, 0.6) is 0 Å². The summed E-state index contributed by atoms with van der Waals surface area (Å²) in [4.78, 5) is 11.2. The second kappa shape index (κ2) is 6.41. The van der Waals surface area contributed by atoms with E-state index in [1.165, 1.54) is 40.4 Å². The molecule has 1 aromatic carbocycles. The highest BCUT2D eigenvalue weighted by molar-refractivity contribution is 7.71. The molecule has 7 nitrogen and oxygen atoms in total. The molecular formula is C13H8ClN5O2S2. The first kappa shape index (κ1) is 15.5. The lowest BCUT2D eigenvalue weighted by Crippen LogP contribution is -1.95. The zero-order valence-corrected chi connectivity index (χ0v) is 13.7. The van der Waals surface area contributed by atoms with Gasteiger partial charge in [-0.15, -0.1) is 11.3 Å². The van der Waals surface area contributed by atoms with Crippen molar-refractivity contribution in [3.63, 3.8) is 0 Å². The number of H-pyrrole nitrogens is 1. The molecule has 3 aromatic rings. The second-order valence-corrected chi connectivity index (χ2v) is 6.09. The number of non-ortho nitro benzene ring substituents is 1. The van der Waals surface area contributed by atoms with Gasteiger partial charge in [-0.1, -0.05) is 17.7 Å². The Balaban J connectivity index is 2.02. The van der Waals surface area contributed by atoms with E-state index in [0.29, 0.717) is 21.2 Å². The summed E-state index contributed by atoms with van der Waals surface area (Å²) in [5.41, 5.74) is 0.353. The minimum absolute atomic E-state index is 0.0647. The third-order valence-corrected chi connectivity index (χ3v) is 4.37. The molecule has 0 bridgehead atoms. The Hall–Kier alpha value is -2.36. The van der Waals surface area contributed by atoms with Crippen molar-refractivity contribution < 1.29 is 4.92 Å². The van der Waals surface area contributed by atoms with Crippen LogP contribution in [0, 0.1) is 14.9 Å². The molecule has 0 radical (unpaired) electrons. The number of nitrogens with one attached hydrogen (secondary N) is 1. The van der Waals surface area contributed by atoms with Crippen molar-refractivity contribution in [2.24, 2.45) is 5.10 Å². The molecule has 0 unspecified atom stereocenters. The first-order chi connectivity index (χ1) is 11.1. The van der Waals surface area contributed by atoms with Gasteiger partial charge in [-0.3, -0.25) is 10.1 Å². The first-order valence-electron chi connectivity index (χ1n) is 6.26. The number of nitrogens with zero attached hydrogens (tertiary/aromatic N) is 4. The fraction of sp³-hybridized carbons (Fsp3) is 0. The number of aromatic nitrogens is 3. The lowest BCUT2D eigenvalue weighted by atomic mass is 10.2. The fourth-order valence-electron chi connectivity index (χ4n) is 1.83. The Labute approximate surface area is 144 Å². The van der Waals surface area contributed by atoms with Gasteiger partial charge >= 0.3 is 0 Å². The van der Waals surface area contributed by atoms with Gasteiger partial charge in [0.2, 0.25) is 4.77 Å². The van der Waals surface area contributed by atoms with Crippen LogP contribution in [0.3, 0.4) is 0 Å². The summed E-state index contributed by atoms with van der Waals surface area (Å²) in [7, 11) is 0. The number of hydrogen-bond acceptors (Lipinski definition) is 6. The third-order valence-electron chi connectivity index (χ3n) is 2.89. The number of benzene rings is 1. The molecule has 0 fully saturated rings. The number of hydrogen-bond donors (Lipinski definition) is 1. The SMILES string of the molecule is O=[N+]([O-])c1ccc(Cl)c(/C=N/n2c(-c3cccs3)n[nH]c2=S)c1. The molecule has 10 heteroatoms. The van der Waals surface area contributed by atoms with Crippen molar-refractivity contribution in [3.8, 4) is 10.7 Å². The first-order valence-corrected chi connectivity index (χ1v) is 7.92. The topological polar surface area (TPSA) is 89.1 Å². The fourth-order valence-corrected chi connectivity index (χ4v) is 2.87. The van der Waals surface area contributed by atoms with Gasteiger partial charge in [-0.05, 0) is 29.7 Å². The van der Waals surface area contributed by atoms with Gasteiger partial charge in [-0.25, -0.2) is 5.10 Å². The molecule has 2 heterocycles. The maximum atomic E-state index is 10.8. The lowest BCUT2D eigenvalue weighted by Gasteiger charge is -2.00. The molecule has 0 saturated carbocycles. The van der Waals surface area contributed by atoms with Crippen LogP contribution in [0.2, 0.25) is 5.02 Å². The Bertz CT molecular complexity index is 946. The van der Waals surface area contributed by atoms with Crippen molar-refractivity contribution in [1.29, 1.82) is 0 Å². The summed E-state index contributed by atoms with van der Waals surface area (Å²) in [6, 6.07) is 7.92. The molecule has 0 amide bonds. The molecule has 1 N–H and O–H groups in total. The predicted octanol–water partition coefficient (Wildman–Crippen LogP) is 4.11. The average Bonchev–Trinajstić information content (AvgIpc) is 3.16. The number of thiophene rings is 1. The molecule has 2 aromatic heterocycles. The van der Waals surface area contributed by atoms with E-state index in [-0.39, 0.29) is 5.69 Å². The average molecular weight is 366 g/mol. The van der Waals surface area contributed by atoms with Crippen LogP contribution in [0.15, 0.2) is 40.8 Å². The van der Waals surface area contributed by atoms with Gasteiger partial charge in [0.1, 0.15) is 0 Å². The van der Waals surface area contributed by atoms with E-state index < -0.39 is 4.92 Å². The largest absolute Gasteiger partial charge is 0.270 e. The molecule has 116 valence electrons. The molecule has 0 aliphatic carbocycles. The quantitative estimate of drug-likeness (QED) is 0.326. The predicted molar refractivity (Wildman–Crippen MR) is 91.8 cm³/mol. The minimum atomic E-state index is -0.492. The van der Waals surface area contributed by atoms with Gasteiger partial charge in [-0.2, -0.15) is 14.9 Å². The Morgan fingerprint density at radius 3 is 3.00 bits per heavy atom. The van der Waals surface area contributed by atoms with Crippen molar-refractivity contribution in [2.75, 3.05) is 0 Å². The molecule has 0 atom stereocenters. The lowest BCUT2D eigenvalue weighted by molar-refractivity contribution is -0.384. The van der Waals surface area contributed by atoms with E-state index in [1.807, 2.05) is 17.5 Å². The van der Waals surface area contributed by atoms with E-state index in [2.05, 4.69) is 15.3 Å². The van der Waals surface area contributed by atoms with Crippen molar-refractivity contribution in [1.82, 2.24) is 14.9 Å². The Morgan fingerprint density at radius 1 is 1.48 bits per heavy atom. The Morgan fingerprint density at radius 2 is 2.30 bits per heavy atom. The van der Waals surface area contributed by atoms with E-state index >= 15 is 0 Å². The zero-order chi connectivity index (χ0) is 16.4. The van der Waals surface area contributed by atoms with Crippen LogP contribution >= 0.6 is 35.2 Å².